The molecule has 1 fully saturated rings. The number of carbonyl (C=O) groups excluding carboxylic acids is 1. The lowest BCUT2D eigenvalue weighted by Crippen LogP contribution is -2.52. The Hall–Kier alpha value is -4.22. The second-order valence-corrected chi connectivity index (χ2v) is 26.9. The highest BCUT2D eigenvalue weighted by Gasteiger charge is 2.60. The van der Waals surface area contributed by atoms with Crippen LogP contribution in [0.2, 0.25) is 16.6 Å². The summed E-state index contributed by atoms with van der Waals surface area (Å²) in [5.74, 6) is -2.97. The van der Waals surface area contributed by atoms with Crippen LogP contribution in [0.3, 0.4) is 0 Å². The van der Waals surface area contributed by atoms with Crippen LogP contribution in [0.15, 0.2) is 81.3 Å². The Bertz CT molecular complexity index is 2490. The summed E-state index contributed by atoms with van der Waals surface area (Å²) in [6.07, 6.45) is 0.0631. The Morgan fingerprint density at radius 2 is 1.31 bits per heavy atom. The van der Waals surface area contributed by atoms with Crippen LogP contribution in [0.4, 0.5) is 0 Å². The van der Waals surface area contributed by atoms with Gasteiger partial charge in [0.15, 0.2) is 29.7 Å². The number of carbonyl (C=O) groups is 1. The van der Waals surface area contributed by atoms with Crippen molar-refractivity contribution in [3.8, 4) is 11.5 Å². The lowest BCUT2D eigenvalue weighted by molar-refractivity contribution is -0.129. The largest absolute Gasteiger partial charge is 0.493 e. The fraction of sp³-hybridized carbons (Fsp3) is 0.511. The van der Waals surface area contributed by atoms with Gasteiger partial charge in [0, 0.05) is 30.5 Å². The molecule has 16 heteroatoms. The molecule has 2 heterocycles. The summed E-state index contributed by atoms with van der Waals surface area (Å²) in [7, 11) is -8.07. The molecule has 0 bridgehead atoms. The monoisotopic (exact) mass is 895 g/mol. The van der Waals surface area contributed by atoms with Crippen molar-refractivity contribution in [3.63, 3.8) is 0 Å². The molecule has 1 saturated heterocycles. The first-order valence-corrected chi connectivity index (χ1v) is 26.2. The van der Waals surface area contributed by atoms with Crippen molar-refractivity contribution >= 4 is 34.1 Å². The summed E-state index contributed by atoms with van der Waals surface area (Å²) >= 11 is 0. The van der Waals surface area contributed by atoms with E-state index < -0.39 is 75.9 Å². The van der Waals surface area contributed by atoms with Crippen LogP contribution in [-0.2, 0) is 48.6 Å². The van der Waals surface area contributed by atoms with Crippen LogP contribution in [0.1, 0.15) is 75.5 Å². The van der Waals surface area contributed by atoms with E-state index in [1.807, 2.05) is 13.8 Å². The number of hydrogen-bond acceptors (Lipinski definition) is 10. The molecule has 1 amide bonds. The highest BCUT2D eigenvalue weighted by Crippen LogP contribution is 2.51. The standard InChI is InChI=1S/C45H61N3O10S2Si/c1-28(2)61(29(3)4,30(5)6)58-27-38-42-41(44(50)48(38)60(54,55)36-18-13-32(8)14-19-36)34(26-49)24-37-43(42)46(21-22-59(52,53)35-16-11-31(7)12-17-35)45(51)47(37)25-33-15-20-39(56-9)40(23-33)57-10/h11-20,23,28-30,34,38,41-42,49H,21-22,24-27H2,1-10H3/t34-,38+,41+,42+/m0/s1. The van der Waals surface area contributed by atoms with E-state index >= 15 is 4.79 Å². The number of fused-ring (bicyclic) bond motifs is 3. The molecule has 4 aromatic rings. The van der Waals surface area contributed by atoms with Gasteiger partial charge in [-0.3, -0.25) is 13.9 Å². The maximum absolute atomic E-state index is 15.1. The van der Waals surface area contributed by atoms with Crippen LogP contribution >= 0.6 is 0 Å². The zero-order valence-corrected chi connectivity index (χ0v) is 39.5. The van der Waals surface area contributed by atoms with E-state index in [4.69, 9.17) is 13.9 Å². The average Bonchev–Trinajstić information content (AvgIpc) is 3.65. The molecule has 3 aromatic carbocycles. The van der Waals surface area contributed by atoms with Crippen molar-refractivity contribution in [1.82, 2.24) is 13.4 Å². The number of ether oxygens (including phenoxy) is 2. The number of sulfonamides is 1. The first-order valence-electron chi connectivity index (χ1n) is 21.0. The molecule has 332 valence electrons. The highest BCUT2D eigenvalue weighted by atomic mass is 32.2. The third kappa shape index (κ3) is 8.38. The minimum absolute atomic E-state index is 0.0410. The van der Waals surface area contributed by atoms with Gasteiger partial charge in [0.2, 0.25) is 5.91 Å². The van der Waals surface area contributed by atoms with E-state index in [1.165, 1.54) is 43.1 Å². The van der Waals surface area contributed by atoms with Crippen molar-refractivity contribution in [1.29, 1.82) is 0 Å². The summed E-state index contributed by atoms with van der Waals surface area (Å²) in [6.45, 7) is 15.6. The fourth-order valence-corrected chi connectivity index (χ4v) is 18.4. The first kappa shape index (κ1) is 46.3. The van der Waals surface area contributed by atoms with Crippen molar-refractivity contribution < 1.29 is 40.6 Å². The summed E-state index contributed by atoms with van der Waals surface area (Å²) in [6, 6.07) is 17.0. The predicted molar refractivity (Wildman–Crippen MR) is 237 cm³/mol. The Labute approximate surface area is 361 Å². The molecule has 0 spiro atoms. The van der Waals surface area contributed by atoms with Crippen molar-refractivity contribution in [3.05, 3.63) is 105 Å². The van der Waals surface area contributed by atoms with Crippen LogP contribution in [0, 0.1) is 25.7 Å². The first-order chi connectivity index (χ1) is 28.7. The predicted octanol–water partition coefficient (Wildman–Crippen LogP) is 6.46. The molecule has 4 atom stereocenters. The van der Waals surface area contributed by atoms with Crippen LogP contribution in [0.5, 0.6) is 11.5 Å². The minimum Gasteiger partial charge on any atom is -0.493 e. The van der Waals surface area contributed by atoms with E-state index in [-0.39, 0.29) is 52.5 Å². The molecule has 13 nitrogen and oxygen atoms in total. The lowest BCUT2D eigenvalue weighted by Gasteiger charge is -2.44. The molecular formula is C45H61N3O10S2Si. The Morgan fingerprint density at radius 3 is 1.84 bits per heavy atom. The van der Waals surface area contributed by atoms with Crippen molar-refractivity contribution in [2.45, 2.75) is 113 Å². The third-order valence-corrected chi connectivity index (χ3v) is 22.7. The van der Waals surface area contributed by atoms with Crippen LogP contribution in [0.25, 0.3) is 0 Å². The van der Waals surface area contributed by atoms with Crippen LogP contribution < -0.4 is 15.2 Å². The molecule has 61 heavy (non-hydrogen) atoms. The van der Waals surface area contributed by atoms with Crippen molar-refractivity contribution in [2.75, 3.05) is 33.2 Å². The number of methoxy groups -OCH3 is 2. The fourth-order valence-electron chi connectivity index (χ4n) is 10.1. The number of aromatic nitrogens is 2. The lowest BCUT2D eigenvalue weighted by atomic mass is 9.72. The SMILES string of the molecule is COc1ccc(Cn2c3c(n(CCS(=O)(=O)c4ccc(C)cc4)c2=O)[C@H]2[C@H](C(=O)N(S(=O)(=O)c4ccc(C)cc4)[C@@H]2CO[Si](C(C)C)(C(C)C)C(C)C)[C@H](CO)C3)cc1OC. The number of aryl methyl sites for hydroxylation is 2. The van der Waals surface area contributed by atoms with Gasteiger partial charge in [-0.15, -0.1) is 0 Å². The molecule has 2 aliphatic rings. The second-order valence-electron chi connectivity index (χ2n) is 17.5. The summed E-state index contributed by atoms with van der Waals surface area (Å²) in [5.41, 5.74) is 3.17. The van der Waals surface area contributed by atoms with Crippen LogP contribution in [-0.4, -0.2) is 88.8 Å². The van der Waals surface area contributed by atoms with E-state index in [0.29, 0.717) is 28.5 Å². The number of benzene rings is 3. The number of rotatable bonds is 17. The highest BCUT2D eigenvalue weighted by molar-refractivity contribution is 7.91. The normalized spacial score (nSPS) is 19.5. The number of nitrogens with zero attached hydrogens (tertiary/aromatic N) is 3. The van der Waals surface area contributed by atoms with Gasteiger partial charge in [0.05, 0.1) is 54.9 Å². The summed E-state index contributed by atoms with van der Waals surface area (Å²) in [5, 5.41) is 11.1. The Kier molecular flexibility index (Phi) is 13.6. The third-order valence-electron chi connectivity index (χ3n) is 13.0. The van der Waals surface area contributed by atoms with Crippen molar-refractivity contribution in [2.24, 2.45) is 11.8 Å². The summed E-state index contributed by atoms with van der Waals surface area (Å²) < 4.78 is 79.7. The summed E-state index contributed by atoms with van der Waals surface area (Å²) in [4.78, 5) is 30.1. The quantitative estimate of drug-likeness (QED) is 0.116. The van der Waals surface area contributed by atoms with Gasteiger partial charge in [-0.2, -0.15) is 0 Å². The van der Waals surface area contributed by atoms with Gasteiger partial charge in [-0.05, 0) is 84.8 Å². The second kappa shape index (κ2) is 17.9. The molecular weight excluding hydrogens is 835 g/mol. The zero-order valence-electron chi connectivity index (χ0n) is 36.9. The van der Waals surface area contributed by atoms with Gasteiger partial charge in [0.1, 0.15) is 0 Å². The Balaban J connectivity index is 1.59. The number of amides is 1. The molecule has 0 saturated carbocycles. The van der Waals surface area contributed by atoms with E-state index in [9.17, 15) is 26.7 Å². The molecule has 6 rings (SSSR count). The molecule has 1 N–H and O–H groups in total. The van der Waals surface area contributed by atoms with E-state index in [1.54, 1.807) is 47.0 Å². The van der Waals surface area contributed by atoms with Gasteiger partial charge < -0.3 is 19.0 Å². The van der Waals surface area contributed by atoms with E-state index in [0.717, 1.165) is 15.4 Å². The number of hydrogen-bond donors (Lipinski definition) is 1. The number of sulfone groups is 1. The smallest absolute Gasteiger partial charge is 0.328 e. The zero-order chi connectivity index (χ0) is 44.8. The number of imidazole rings is 1. The molecule has 0 unspecified atom stereocenters. The van der Waals surface area contributed by atoms with Gasteiger partial charge in [0.25, 0.3) is 10.0 Å². The van der Waals surface area contributed by atoms with Gasteiger partial charge in [-0.25, -0.2) is 25.9 Å². The maximum atomic E-state index is 15.1. The maximum Gasteiger partial charge on any atom is 0.328 e. The number of aliphatic hydroxyl groups is 1. The minimum atomic E-state index is -4.51. The Morgan fingerprint density at radius 1 is 0.754 bits per heavy atom. The molecule has 1 aromatic heterocycles. The topological polar surface area (TPSA) is 163 Å². The molecule has 1 aliphatic heterocycles. The van der Waals surface area contributed by atoms with Gasteiger partial charge >= 0.3 is 5.69 Å². The molecule has 0 radical (unpaired) electrons. The van der Waals surface area contributed by atoms with Gasteiger partial charge in [-0.1, -0.05) is 83.0 Å². The molecule has 1 aliphatic carbocycles. The average molecular weight is 896 g/mol. The number of aliphatic hydroxyl groups excluding tert-OH is 1. The van der Waals surface area contributed by atoms with E-state index in [2.05, 4.69) is 41.5 Å².